The average molecular weight is 242 g/mol. The van der Waals surface area contributed by atoms with Crippen LogP contribution in [0.5, 0.6) is 0 Å². The van der Waals surface area contributed by atoms with Crippen LogP contribution in [0.4, 0.5) is 4.39 Å². The number of fused-ring (bicyclic) bond motifs is 1. The van der Waals surface area contributed by atoms with Gasteiger partial charge >= 0.3 is 0 Å². The molecule has 0 saturated heterocycles. The van der Waals surface area contributed by atoms with E-state index < -0.39 is 0 Å². The van der Waals surface area contributed by atoms with Crippen molar-refractivity contribution in [3.8, 4) is 11.4 Å². The molecule has 0 radical (unpaired) electrons. The highest BCUT2D eigenvalue weighted by Crippen LogP contribution is 2.26. The van der Waals surface area contributed by atoms with Crippen LogP contribution in [0.1, 0.15) is 5.82 Å². The lowest BCUT2D eigenvalue weighted by atomic mass is 10.1. The van der Waals surface area contributed by atoms with Crippen molar-refractivity contribution in [2.45, 2.75) is 6.92 Å². The normalized spacial score (nSPS) is 11.1. The Morgan fingerprint density at radius 1 is 1.28 bits per heavy atom. The number of halogens is 1. The maximum atomic E-state index is 13.6. The van der Waals surface area contributed by atoms with Crippen LogP contribution >= 0.6 is 0 Å². The van der Waals surface area contributed by atoms with Crippen LogP contribution in [0.3, 0.4) is 0 Å². The van der Waals surface area contributed by atoms with Crippen molar-refractivity contribution >= 4 is 10.9 Å². The summed E-state index contributed by atoms with van der Waals surface area (Å²) in [5, 5.41) is 5.02. The Balaban J connectivity index is 2.34. The molecular weight excluding hydrogens is 231 g/mol. The van der Waals surface area contributed by atoms with Gasteiger partial charge in [-0.2, -0.15) is 5.10 Å². The first kappa shape index (κ1) is 10.8. The van der Waals surface area contributed by atoms with Crippen molar-refractivity contribution in [3.63, 3.8) is 0 Å². The van der Waals surface area contributed by atoms with Crippen molar-refractivity contribution in [2.24, 2.45) is 7.05 Å². The number of benzene rings is 1. The Labute approximate surface area is 103 Å². The van der Waals surface area contributed by atoms with Crippen LogP contribution in [-0.2, 0) is 7.05 Å². The Hall–Kier alpha value is -2.30. The topological polar surface area (TPSA) is 43.6 Å². The number of aryl methyl sites for hydroxylation is 2. The third-order valence-electron chi connectivity index (χ3n) is 2.89. The van der Waals surface area contributed by atoms with Crippen molar-refractivity contribution in [1.82, 2.24) is 19.7 Å². The molecular formula is C13H11FN4. The maximum absolute atomic E-state index is 13.6. The van der Waals surface area contributed by atoms with Gasteiger partial charge in [-0.15, -0.1) is 0 Å². The lowest BCUT2D eigenvalue weighted by Gasteiger charge is -2.02. The lowest BCUT2D eigenvalue weighted by molar-refractivity contribution is 0.630. The molecule has 2 aromatic heterocycles. The number of nitrogens with zero attached hydrogens (tertiary/aromatic N) is 4. The molecule has 4 nitrogen and oxygen atoms in total. The van der Waals surface area contributed by atoms with Crippen molar-refractivity contribution in [3.05, 3.63) is 42.1 Å². The van der Waals surface area contributed by atoms with E-state index in [-0.39, 0.29) is 5.82 Å². The van der Waals surface area contributed by atoms with E-state index in [1.165, 1.54) is 12.1 Å². The molecule has 0 aliphatic rings. The number of rotatable bonds is 1. The highest BCUT2D eigenvalue weighted by atomic mass is 19.1. The molecule has 0 aliphatic carbocycles. The van der Waals surface area contributed by atoms with E-state index in [2.05, 4.69) is 15.1 Å². The molecule has 1 aromatic carbocycles. The Morgan fingerprint density at radius 2 is 2.11 bits per heavy atom. The minimum absolute atomic E-state index is 0.310. The van der Waals surface area contributed by atoms with Gasteiger partial charge in [0.25, 0.3) is 0 Å². The van der Waals surface area contributed by atoms with Gasteiger partial charge in [-0.1, -0.05) is 6.07 Å². The van der Waals surface area contributed by atoms with Gasteiger partial charge in [-0.05, 0) is 25.1 Å². The van der Waals surface area contributed by atoms with Gasteiger partial charge in [0.1, 0.15) is 11.6 Å². The second-order valence-electron chi connectivity index (χ2n) is 4.13. The standard InChI is InChI=1S/C13H11FN4/c1-8-16-13(17-18(8)2)11-7-10(14)6-9-4-3-5-15-12(9)11/h3-7H,1-2H3. The molecule has 0 unspecified atom stereocenters. The van der Waals surface area contributed by atoms with Gasteiger partial charge < -0.3 is 0 Å². The molecule has 0 spiro atoms. The van der Waals surface area contributed by atoms with Gasteiger partial charge in [0.2, 0.25) is 0 Å². The summed E-state index contributed by atoms with van der Waals surface area (Å²) < 4.78 is 15.3. The van der Waals surface area contributed by atoms with E-state index in [1.807, 2.05) is 13.0 Å². The molecule has 5 heteroatoms. The summed E-state index contributed by atoms with van der Waals surface area (Å²) in [7, 11) is 1.81. The van der Waals surface area contributed by atoms with Crippen LogP contribution in [0.25, 0.3) is 22.3 Å². The molecule has 3 aromatic rings. The number of hydrogen-bond acceptors (Lipinski definition) is 3. The van der Waals surface area contributed by atoms with Crippen LogP contribution in [0.15, 0.2) is 30.5 Å². The van der Waals surface area contributed by atoms with E-state index in [4.69, 9.17) is 0 Å². The van der Waals surface area contributed by atoms with Crippen LogP contribution < -0.4 is 0 Å². The van der Waals surface area contributed by atoms with Crippen LogP contribution in [0, 0.1) is 12.7 Å². The average Bonchev–Trinajstić information content (AvgIpc) is 2.68. The van der Waals surface area contributed by atoms with Crippen molar-refractivity contribution in [1.29, 1.82) is 0 Å². The third kappa shape index (κ3) is 1.64. The number of hydrogen-bond donors (Lipinski definition) is 0. The second-order valence-corrected chi connectivity index (χ2v) is 4.13. The minimum atomic E-state index is -0.310. The molecule has 18 heavy (non-hydrogen) atoms. The summed E-state index contributed by atoms with van der Waals surface area (Å²) in [5.41, 5.74) is 1.33. The molecule has 0 amide bonds. The zero-order valence-electron chi connectivity index (χ0n) is 10.1. The van der Waals surface area contributed by atoms with Gasteiger partial charge in [-0.3, -0.25) is 9.67 Å². The first-order valence-electron chi connectivity index (χ1n) is 5.57. The summed E-state index contributed by atoms with van der Waals surface area (Å²) in [6.07, 6.45) is 1.68. The Morgan fingerprint density at radius 3 is 2.83 bits per heavy atom. The smallest absolute Gasteiger partial charge is 0.183 e. The molecule has 0 atom stereocenters. The lowest BCUT2D eigenvalue weighted by Crippen LogP contribution is -1.93. The van der Waals surface area contributed by atoms with Gasteiger partial charge in [0.15, 0.2) is 5.82 Å². The zero-order chi connectivity index (χ0) is 12.7. The summed E-state index contributed by atoms with van der Waals surface area (Å²) in [6.45, 7) is 1.85. The molecule has 0 N–H and O–H groups in total. The second kappa shape index (κ2) is 3.87. The monoisotopic (exact) mass is 242 g/mol. The van der Waals surface area contributed by atoms with Gasteiger partial charge in [-0.25, -0.2) is 9.37 Å². The molecule has 90 valence electrons. The van der Waals surface area contributed by atoms with Crippen molar-refractivity contribution in [2.75, 3.05) is 0 Å². The summed E-state index contributed by atoms with van der Waals surface area (Å²) in [4.78, 5) is 8.60. The van der Waals surface area contributed by atoms with Crippen LogP contribution in [-0.4, -0.2) is 19.7 Å². The highest BCUT2D eigenvalue weighted by molar-refractivity contribution is 5.91. The summed E-state index contributed by atoms with van der Waals surface area (Å²) in [6, 6.07) is 6.49. The SMILES string of the molecule is Cc1nc(-c2cc(F)cc3cccnc23)nn1C. The zero-order valence-corrected chi connectivity index (χ0v) is 10.1. The molecule has 0 aliphatic heterocycles. The largest absolute Gasteiger partial charge is 0.255 e. The molecule has 0 bridgehead atoms. The van der Waals surface area contributed by atoms with E-state index in [1.54, 1.807) is 24.0 Å². The number of aromatic nitrogens is 4. The summed E-state index contributed by atoms with van der Waals surface area (Å²) >= 11 is 0. The number of pyridine rings is 1. The molecule has 0 saturated carbocycles. The van der Waals surface area contributed by atoms with E-state index in [0.29, 0.717) is 16.9 Å². The fourth-order valence-corrected chi connectivity index (χ4v) is 1.90. The van der Waals surface area contributed by atoms with Crippen LogP contribution in [0.2, 0.25) is 0 Å². The fraction of sp³-hybridized carbons (Fsp3) is 0.154. The predicted octanol–water partition coefficient (Wildman–Crippen LogP) is 2.48. The van der Waals surface area contributed by atoms with Crippen molar-refractivity contribution < 1.29 is 4.39 Å². The fourth-order valence-electron chi connectivity index (χ4n) is 1.90. The Kier molecular flexibility index (Phi) is 2.33. The van der Waals surface area contributed by atoms with E-state index >= 15 is 0 Å². The Bertz CT molecular complexity index is 713. The van der Waals surface area contributed by atoms with Gasteiger partial charge in [0, 0.05) is 18.6 Å². The van der Waals surface area contributed by atoms with E-state index in [0.717, 1.165) is 11.2 Å². The minimum Gasteiger partial charge on any atom is -0.255 e. The first-order valence-corrected chi connectivity index (χ1v) is 5.57. The maximum Gasteiger partial charge on any atom is 0.183 e. The first-order chi connectivity index (χ1) is 8.65. The predicted molar refractivity (Wildman–Crippen MR) is 66.4 cm³/mol. The van der Waals surface area contributed by atoms with E-state index in [9.17, 15) is 4.39 Å². The molecule has 3 rings (SSSR count). The molecule has 2 heterocycles. The third-order valence-corrected chi connectivity index (χ3v) is 2.89. The molecule has 0 fully saturated rings. The van der Waals surface area contributed by atoms with Gasteiger partial charge in [0.05, 0.1) is 11.1 Å². The quantitative estimate of drug-likeness (QED) is 0.658. The highest BCUT2D eigenvalue weighted by Gasteiger charge is 2.12. The summed E-state index contributed by atoms with van der Waals surface area (Å²) in [5.74, 6) is 0.965.